The van der Waals surface area contributed by atoms with Gasteiger partial charge in [0.05, 0.1) is 22.5 Å². The van der Waals surface area contributed by atoms with E-state index in [0.29, 0.717) is 12.2 Å². The van der Waals surface area contributed by atoms with Crippen LogP contribution in [0.25, 0.3) is 10.6 Å². The van der Waals surface area contributed by atoms with Crippen molar-refractivity contribution in [1.29, 1.82) is 0 Å². The lowest BCUT2D eigenvalue weighted by Crippen LogP contribution is -2.02. The van der Waals surface area contributed by atoms with E-state index in [1.807, 2.05) is 35.7 Å². The highest BCUT2D eigenvalue weighted by atomic mass is 32.1. The first-order valence-corrected chi connectivity index (χ1v) is 6.90. The number of nitrogens with zero attached hydrogens (tertiary/aromatic N) is 2. The Balaban J connectivity index is 1.95. The maximum atomic E-state index is 5.92. The van der Waals surface area contributed by atoms with Crippen LogP contribution in [-0.2, 0) is 6.42 Å². The van der Waals surface area contributed by atoms with Gasteiger partial charge in [-0.05, 0) is 17.0 Å². The van der Waals surface area contributed by atoms with Gasteiger partial charge < -0.3 is 5.73 Å². The van der Waals surface area contributed by atoms with Crippen molar-refractivity contribution in [3.05, 3.63) is 65.3 Å². The van der Waals surface area contributed by atoms with Crippen molar-refractivity contribution in [2.45, 2.75) is 6.42 Å². The van der Waals surface area contributed by atoms with Crippen molar-refractivity contribution in [3.8, 4) is 10.6 Å². The molecule has 0 fully saturated rings. The van der Waals surface area contributed by atoms with Crippen LogP contribution in [-0.4, -0.2) is 9.97 Å². The minimum Gasteiger partial charge on any atom is -0.382 e. The van der Waals surface area contributed by atoms with E-state index >= 15 is 0 Å². The molecule has 2 N–H and O–H groups in total. The standard InChI is InChI=1S/C15H13N3S/c16-15-12(9-11-5-2-1-3-6-11)18-13(10-17-15)14-7-4-8-19-14/h1-8,10H,9H2,(H2,16,17). The minimum atomic E-state index is 0.504. The molecule has 3 nitrogen and oxygen atoms in total. The normalized spacial score (nSPS) is 10.5. The average Bonchev–Trinajstić information content (AvgIpc) is 2.96. The number of hydrogen-bond donors (Lipinski definition) is 1. The molecule has 3 aromatic rings. The SMILES string of the molecule is Nc1ncc(-c2cccs2)nc1Cc1ccccc1. The molecule has 19 heavy (non-hydrogen) atoms. The topological polar surface area (TPSA) is 51.8 Å². The second-order valence-corrected chi connectivity index (χ2v) is 5.17. The van der Waals surface area contributed by atoms with Crippen molar-refractivity contribution >= 4 is 17.2 Å². The number of anilines is 1. The third kappa shape index (κ3) is 2.63. The second kappa shape index (κ2) is 5.20. The summed E-state index contributed by atoms with van der Waals surface area (Å²) >= 11 is 1.65. The summed E-state index contributed by atoms with van der Waals surface area (Å²) in [5.41, 5.74) is 8.82. The summed E-state index contributed by atoms with van der Waals surface area (Å²) in [5.74, 6) is 0.504. The van der Waals surface area contributed by atoms with Gasteiger partial charge in [0.25, 0.3) is 0 Å². The second-order valence-electron chi connectivity index (χ2n) is 4.23. The molecular weight excluding hydrogens is 254 g/mol. The third-order valence-electron chi connectivity index (χ3n) is 2.87. The smallest absolute Gasteiger partial charge is 0.145 e. The molecule has 0 saturated carbocycles. The van der Waals surface area contributed by atoms with Crippen LogP contribution in [0.15, 0.2) is 54.0 Å². The fraction of sp³-hybridized carbons (Fsp3) is 0.0667. The molecule has 0 bridgehead atoms. The van der Waals surface area contributed by atoms with Crippen molar-refractivity contribution in [3.63, 3.8) is 0 Å². The molecule has 0 amide bonds. The predicted molar refractivity (Wildman–Crippen MR) is 79.0 cm³/mol. The molecule has 2 heterocycles. The molecule has 0 atom stereocenters. The Morgan fingerprint density at radius 1 is 1.05 bits per heavy atom. The summed E-state index contributed by atoms with van der Waals surface area (Å²) in [5, 5.41) is 2.03. The summed E-state index contributed by atoms with van der Waals surface area (Å²) < 4.78 is 0. The number of aromatic nitrogens is 2. The molecule has 0 unspecified atom stereocenters. The largest absolute Gasteiger partial charge is 0.382 e. The van der Waals surface area contributed by atoms with Gasteiger partial charge in [-0.2, -0.15) is 0 Å². The van der Waals surface area contributed by atoms with Crippen LogP contribution in [0.3, 0.4) is 0 Å². The molecule has 4 heteroatoms. The lowest BCUT2D eigenvalue weighted by atomic mass is 10.1. The highest BCUT2D eigenvalue weighted by molar-refractivity contribution is 7.13. The van der Waals surface area contributed by atoms with E-state index in [4.69, 9.17) is 5.73 Å². The van der Waals surface area contributed by atoms with E-state index in [1.54, 1.807) is 17.5 Å². The zero-order valence-electron chi connectivity index (χ0n) is 10.3. The number of nitrogen functional groups attached to an aromatic ring is 1. The number of benzene rings is 1. The Kier molecular flexibility index (Phi) is 3.25. The van der Waals surface area contributed by atoms with Crippen molar-refractivity contribution in [2.24, 2.45) is 0 Å². The molecule has 2 aromatic heterocycles. The van der Waals surface area contributed by atoms with Crippen LogP contribution < -0.4 is 5.73 Å². The summed E-state index contributed by atoms with van der Waals surface area (Å²) in [7, 11) is 0. The summed E-state index contributed by atoms with van der Waals surface area (Å²) in [6.45, 7) is 0. The van der Waals surface area contributed by atoms with E-state index in [9.17, 15) is 0 Å². The first-order valence-electron chi connectivity index (χ1n) is 6.02. The summed E-state index contributed by atoms with van der Waals surface area (Å²) in [6.07, 6.45) is 2.44. The first-order chi connectivity index (χ1) is 9.33. The highest BCUT2D eigenvalue weighted by Gasteiger charge is 2.08. The van der Waals surface area contributed by atoms with Crippen LogP contribution in [0, 0.1) is 0 Å². The fourth-order valence-corrected chi connectivity index (χ4v) is 2.58. The van der Waals surface area contributed by atoms with Crippen LogP contribution in [0.4, 0.5) is 5.82 Å². The van der Waals surface area contributed by atoms with Crippen LogP contribution >= 0.6 is 11.3 Å². The number of rotatable bonds is 3. The highest BCUT2D eigenvalue weighted by Crippen LogP contribution is 2.24. The first kappa shape index (κ1) is 11.9. The molecule has 94 valence electrons. The minimum absolute atomic E-state index is 0.504. The van der Waals surface area contributed by atoms with E-state index < -0.39 is 0 Å². The lowest BCUT2D eigenvalue weighted by molar-refractivity contribution is 1.05. The average molecular weight is 267 g/mol. The molecule has 3 rings (SSSR count). The zero-order valence-corrected chi connectivity index (χ0v) is 11.1. The molecule has 0 saturated heterocycles. The van der Waals surface area contributed by atoms with E-state index in [0.717, 1.165) is 16.3 Å². The quantitative estimate of drug-likeness (QED) is 0.791. The maximum absolute atomic E-state index is 5.92. The van der Waals surface area contributed by atoms with Gasteiger partial charge in [0, 0.05) is 6.42 Å². The monoisotopic (exact) mass is 267 g/mol. The van der Waals surface area contributed by atoms with Gasteiger partial charge >= 0.3 is 0 Å². The van der Waals surface area contributed by atoms with Crippen molar-refractivity contribution in [2.75, 3.05) is 5.73 Å². The van der Waals surface area contributed by atoms with Crippen LogP contribution in [0.2, 0.25) is 0 Å². The third-order valence-corrected chi connectivity index (χ3v) is 3.76. The van der Waals surface area contributed by atoms with Gasteiger partial charge in [-0.1, -0.05) is 36.4 Å². The fourth-order valence-electron chi connectivity index (χ4n) is 1.90. The molecule has 0 radical (unpaired) electrons. The Morgan fingerprint density at radius 3 is 2.63 bits per heavy atom. The van der Waals surface area contributed by atoms with E-state index in [-0.39, 0.29) is 0 Å². The van der Waals surface area contributed by atoms with E-state index in [1.165, 1.54) is 5.56 Å². The van der Waals surface area contributed by atoms with Gasteiger partial charge in [-0.3, -0.25) is 0 Å². The number of hydrogen-bond acceptors (Lipinski definition) is 4. The van der Waals surface area contributed by atoms with Gasteiger partial charge in [0.2, 0.25) is 0 Å². The van der Waals surface area contributed by atoms with Crippen molar-refractivity contribution in [1.82, 2.24) is 9.97 Å². The molecule has 0 spiro atoms. The molecule has 0 aliphatic carbocycles. The van der Waals surface area contributed by atoms with Gasteiger partial charge in [-0.25, -0.2) is 9.97 Å². The Bertz CT molecular complexity index is 663. The van der Waals surface area contributed by atoms with E-state index in [2.05, 4.69) is 22.1 Å². The molecule has 1 aromatic carbocycles. The maximum Gasteiger partial charge on any atom is 0.145 e. The van der Waals surface area contributed by atoms with Crippen molar-refractivity contribution < 1.29 is 0 Å². The van der Waals surface area contributed by atoms with Crippen LogP contribution in [0.1, 0.15) is 11.3 Å². The number of thiophene rings is 1. The molecule has 0 aliphatic heterocycles. The lowest BCUT2D eigenvalue weighted by Gasteiger charge is -2.06. The predicted octanol–water partition coefficient (Wildman–Crippen LogP) is 3.38. The Labute approximate surface area is 115 Å². The van der Waals surface area contributed by atoms with Gasteiger partial charge in [-0.15, -0.1) is 11.3 Å². The molecular formula is C15H13N3S. The Hall–Kier alpha value is -2.20. The number of nitrogens with two attached hydrogens (primary N) is 1. The summed E-state index contributed by atoms with van der Waals surface area (Å²) in [6, 6.07) is 14.2. The molecule has 0 aliphatic rings. The summed E-state index contributed by atoms with van der Waals surface area (Å²) in [4.78, 5) is 10.00. The van der Waals surface area contributed by atoms with Gasteiger partial charge in [0.15, 0.2) is 0 Å². The zero-order chi connectivity index (χ0) is 13.1. The van der Waals surface area contributed by atoms with Crippen LogP contribution in [0.5, 0.6) is 0 Å². The van der Waals surface area contributed by atoms with Gasteiger partial charge in [0.1, 0.15) is 5.82 Å². The Morgan fingerprint density at radius 2 is 1.89 bits per heavy atom.